The van der Waals surface area contributed by atoms with Crippen LogP contribution in [-0.4, -0.2) is 37.2 Å². The molecule has 0 amide bonds. The number of ether oxygens (including phenoxy) is 1. The molecule has 2 fully saturated rings. The number of hydrogen-bond donors (Lipinski definition) is 1. The monoisotopic (exact) mass is 260 g/mol. The summed E-state index contributed by atoms with van der Waals surface area (Å²) in [6.07, 6.45) is 4.07. The van der Waals surface area contributed by atoms with Crippen molar-refractivity contribution >= 4 is 0 Å². The Morgan fingerprint density at radius 3 is 2.68 bits per heavy atom. The van der Waals surface area contributed by atoms with Crippen molar-refractivity contribution in [1.29, 1.82) is 0 Å². The summed E-state index contributed by atoms with van der Waals surface area (Å²) in [4.78, 5) is 2.59. The summed E-state index contributed by atoms with van der Waals surface area (Å²) < 4.78 is 5.42. The van der Waals surface area contributed by atoms with Crippen LogP contribution in [0.3, 0.4) is 0 Å². The molecular weight excluding hydrogens is 236 g/mol. The van der Waals surface area contributed by atoms with E-state index in [1.807, 2.05) is 0 Å². The SMILES string of the molecule is COc1cc(CN2CC3CCCC(C2)N3)ccc1C. The van der Waals surface area contributed by atoms with E-state index in [9.17, 15) is 0 Å². The molecule has 0 saturated carbocycles. The highest BCUT2D eigenvalue weighted by Crippen LogP contribution is 2.23. The summed E-state index contributed by atoms with van der Waals surface area (Å²) in [6.45, 7) is 5.52. The van der Waals surface area contributed by atoms with Gasteiger partial charge in [-0.15, -0.1) is 0 Å². The quantitative estimate of drug-likeness (QED) is 0.902. The van der Waals surface area contributed by atoms with E-state index in [-0.39, 0.29) is 0 Å². The first-order valence-electron chi connectivity index (χ1n) is 7.36. The second-order valence-electron chi connectivity index (χ2n) is 5.99. The highest BCUT2D eigenvalue weighted by atomic mass is 16.5. The van der Waals surface area contributed by atoms with Crippen LogP contribution in [0.5, 0.6) is 5.75 Å². The number of fused-ring (bicyclic) bond motifs is 2. The molecule has 104 valence electrons. The van der Waals surface area contributed by atoms with Crippen LogP contribution >= 0.6 is 0 Å². The molecule has 3 rings (SSSR count). The van der Waals surface area contributed by atoms with Crippen molar-refractivity contribution in [2.45, 2.75) is 44.8 Å². The number of likely N-dealkylation sites (tertiary alicyclic amines) is 1. The molecule has 1 N–H and O–H groups in total. The van der Waals surface area contributed by atoms with Crippen LogP contribution in [-0.2, 0) is 6.54 Å². The van der Waals surface area contributed by atoms with Crippen molar-refractivity contribution in [3.63, 3.8) is 0 Å². The fraction of sp³-hybridized carbons (Fsp3) is 0.625. The van der Waals surface area contributed by atoms with Crippen molar-refractivity contribution in [2.24, 2.45) is 0 Å². The zero-order valence-corrected chi connectivity index (χ0v) is 12.0. The van der Waals surface area contributed by atoms with Gasteiger partial charge in [0.2, 0.25) is 0 Å². The number of piperidine rings is 1. The van der Waals surface area contributed by atoms with Gasteiger partial charge < -0.3 is 10.1 Å². The number of aryl methyl sites for hydroxylation is 1. The first kappa shape index (κ1) is 12.9. The fourth-order valence-electron chi connectivity index (χ4n) is 3.45. The van der Waals surface area contributed by atoms with Gasteiger partial charge in [0.1, 0.15) is 5.75 Å². The fourth-order valence-corrected chi connectivity index (χ4v) is 3.45. The molecule has 0 aliphatic carbocycles. The van der Waals surface area contributed by atoms with Crippen LogP contribution in [0.2, 0.25) is 0 Å². The maximum absolute atomic E-state index is 5.42. The second-order valence-corrected chi connectivity index (χ2v) is 5.99. The molecule has 2 aliphatic heterocycles. The molecule has 1 aromatic carbocycles. The topological polar surface area (TPSA) is 24.5 Å². The van der Waals surface area contributed by atoms with Crippen LogP contribution < -0.4 is 10.1 Å². The number of hydrogen-bond acceptors (Lipinski definition) is 3. The highest BCUT2D eigenvalue weighted by molar-refractivity contribution is 5.36. The molecule has 2 bridgehead atoms. The van der Waals surface area contributed by atoms with E-state index in [1.165, 1.54) is 43.5 Å². The van der Waals surface area contributed by atoms with Gasteiger partial charge in [-0.25, -0.2) is 0 Å². The Morgan fingerprint density at radius 2 is 2.00 bits per heavy atom. The molecular formula is C16H24N2O. The van der Waals surface area contributed by atoms with Crippen LogP contribution in [0.25, 0.3) is 0 Å². The van der Waals surface area contributed by atoms with Gasteiger partial charge in [-0.3, -0.25) is 4.90 Å². The Hall–Kier alpha value is -1.06. The second kappa shape index (κ2) is 5.51. The molecule has 0 spiro atoms. The van der Waals surface area contributed by atoms with E-state index in [1.54, 1.807) is 7.11 Å². The van der Waals surface area contributed by atoms with E-state index in [4.69, 9.17) is 4.74 Å². The lowest BCUT2D eigenvalue weighted by atomic mass is 9.94. The van der Waals surface area contributed by atoms with Crippen molar-refractivity contribution in [1.82, 2.24) is 10.2 Å². The van der Waals surface area contributed by atoms with Gasteiger partial charge >= 0.3 is 0 Å². The molecule has 1 aromatic rings. The molecule has 2 heterocycles. The summed E-state index contributed by atoms with van der Waals surface area (Å²) in [6, 6.07) is 8.00. The number of nitrogens with zero attached hydrogens (tertiary/aromatic N) is 1. The summed E-state index contributed by atoms with van der Waals surface area (Å²) in [5.74, 6) is 1.01. The Balaban J connectivity index is 1.68. The third-order valence-electron chi connectivity index (χ3n) is 4.41. The third-order valence-corrected chi connectivity index (χ3v) is 4.41. The molecule has 19 heavy (non-hydrogen) atoms. The van der Waals surface area contributed by atoms with Gasteiger partial charge in [-0.05, 0) is 37.0 Å². The first-order chi connectivity index (χ1) is 9.24. The number of benzene rings is 1. The first-order valence-corrected chi connectivity index (χ1v) is 7.36. The maximum Gasteiger partial charge on any atom is 0.122 e. The predicted octanol–water partition coefficient (Wildman–Crippen LogP) is 2.33. The summed E-state index contributed by atoms with van der Waals surface area (Å²) in [7, 11) is 1.75. The van der Waals surface area contributed by atoms with E-state index in [0.29, 0.717) is 12.1 Å². The molecule has 0 aromatic heterocycles. The lowest BCUT2D eigenvalue weighted by molar-refractivity contribution is 0.119. The van der Waals surface area contributed by atoms with Gasteiger partial charge in [-0.2, -0.15) is 0 Å². The standard InChI is InChI=1S/C16H24N2O/c1-12-6-7-13(8-16(12)19-2)9-18-10-14-4-3-5-15(11-18)17-14/h6-8,14-15,17H,3-5,9-11H2,1-2H3. The minimum atomic E-state index is 0.708. The van der Waals surface area contributed by atoms with Crippen LogP contribution in [0.1, 0.15) is 30.4 Å². The number of methoxy groups -OCH3 is 1. The van der Waals surface area contributed by atoms with Crippen molar-refractivity contribution < 1.29 is 4.74 Å². The average molecular weight is 260 g/mol. The largest absolute Gasteiger partial charge is 0.496 e. The van der Waals surface area contributed by atoms with E-state index >= 15 is 0 Å². The Morgan fingerprint density at radius 1 is 1.26 bits per heavy atom. The molecule has 0 radical (unpaired) electrons. The molecule has 3 heteroatoms. The van der Waals surface area contributed by atoms with E-state index in [2.05, 4.69) is 35.3 Å². The van der Waals surface area contributed by atoms with Crippen LogP contribution in [0.15, 0.2) is 18.2 Å². The Bertz CT molecular complexity index is 434. The minimum absolute atomic E-state index is 0.708. The van der Waals surface area contributed by atoms with Gasteiger partial charge in [0, 0.05) is 31.7 Å². The smallest absolute Gasteiger partial charge is 0.122 e. The number of nitrogens with one attached hydrogen (secondary N) is 1. The average Bonchev–Trinajstić information content (AvgIpc) is 2.40. The van der Waals surface area contributed by atoms with Crippen molar-refractivity contribution in [2.75, 3.05) is 20.2 Å². The maximum atomic E-state index is 5.42. The van der Waals surface area contributed by atoms with E-state index in [0.717, 1.165) is 12.3 Å². The molecule has 3 nitrogen and oxygen atoms in total. The predicted molar refractivity (Wildman–Crippen MR) is 77.6 cm³/mol. The zero-order valence-electron chi connectivity index (χ0n) is 12.0. The lowest BCUT2D eigenvalue weighted by Crippen LogP contribution is -2.58. The minimum Gasteiger partial charge on any atom is -0.496 e. The van der Waals surface area contributed by atoms with Gasteiger partial charge in [0.15, 0.2) is 0 Å². The Kier molecular flexibility index (Phi) is 3.76. The van der Waals surface area contributed by atoms with Gasteiger partial charge in [0.05, 0.1) is 7.11 Å². The molecule has 2 atom stereocenters. The van der Waals surface area contributed by atoms with Crippen LogP contribution in [0.4, 0.5) is 0 Å². The number of rotatable bonds is 3. The zero-order chi connectivity index (χ0) is 13.2. The third kappa shape index (κ3) is 2.93. The molecule has 2 saturated heterocycles. The number of piperazine rings is 1. The van der Waals surface area contributed by atoms with Gasteiger partial charge in [0.25, 0.3) is 0 Å². The highest BCUT2D eigenvalue weighted by Gasteiger charge is 2.29. The Labute approximate surface area is 115 Å². The molecule has 2 aliphatic rings. The van der Waals surface area contributed by atoms with Gasteiger partial charge in [-0.1, -0.05) is 18.6 Å². The van der Waals surface area contributed by atoms with Crippen LogP contribution in [0, 0.1) is 6.92 Å². The van der Waals surface area contributed by atoms with Crippen molar-refractivity contribution in [3.8, 4) is 5.75 Å². The molecule has 2 unspecified atom stereocenters. The van der Waals surface area contributed by atoms with Crippen molar-refractivity contribution in [3.05, 3.63) is 29.3 Å². The summed E-state index contributed by atoms with van der Waals surface area (Å²) >= 11 is 0. The summed E-state index contributed by atoms with van der Waals surface area (Å²) in [5, 5.41) is 3.73. The van der Waals surface area contributed by atoms with E-state index < -0.39 is 0 Å². The summed E-state index contributed by atoms with van der Waals surface area (Å²) in [5.41, 5.74) is 2.57. The lowest BCUT2D eigenvalue weighted by Gasteiger charge is -2.42. The normalized spacial score (nSPS) is 27.3.